The molecule has 0 unspecified atom stereocenters. The average molecular weight is 343 g/mol. The number of amides is 1. The molecule has 7 heteroatoms. The van der Waals surface area contributed by atoms with E-state index in [1.807, 2.05) is 18.7 Å². The minimum atomic E-state index is -4.33. The lowest BCUT2D eigenvalue weighted by Crippen LogP contribution is -2.54. The number of benzene rings is 1. The van der Waals surface area contributed by atoms with Gasteiger partial charge in [0.2, 0.25) is 5.91 Å². The van der Waals surface area contributed by atoms with Crippen molar-refractivity contribution in [2.24, 2.45) is 0 Å². The molecule has 1 fully saturated rings. The van der Waals surface area contributed by atoms with E-state index in [0.29, 0.717) is 38.4 Å². The quantitative estimate of drug-likeness (QED) is 0.893. The van der Waals surface area contributed by atoms with Gasteiger partial charge in [-0.2, -0.15) is 13.2 Å². The molecule has 1 amide bonds. The number of carbonyl (C=O) groups excluding carboxylic acids is 1. The number of anilines is 1. The first-order chi connectivity index (χ1) is 11.3. The molecule has 2 rings (SSSR count). The second kappa shape index (κ2) is 7.88. The molecule has 1 heterocycles. The van der Waals surface area contributed by atoms with Crippen LogP contribution < -0.4 is 10.2 Å². The first-order valence-electron chi connectivity index (χ1n) is 8.27. The molecule has 1 saturated heterocycles. The van der Waals surface area contributed by atoms with Crippen LogP contribution in [0.5, 0.6) is 0 Å². The maximum atomic E-state index is 12.8. The van der Waals surface area contributed by atoms with Crippen LogP contribution in [0.25, 0.3) is 0 Å². The fraction of sp³-hybridized carbons (Fsp3) is 0.588. The van der Waals surface area contributed by atoms with Crippen LogP contribution in [-0.4, -0.2) is 49.6 Å². The standard InChI is InChI=1S/C17H24F3N3O/c1-3-7-21-16(24)13(2)22-8-10-23(11-9-22)15-6-4-5-14(12-15)17(18,19)20/h4-6,12-13H,3,7-11H2,1-2H3,(H,21,24)/t13-/m0/s1. The van der Waals surface area contributed by atoms with Gasteiger partial charge in [-0.25, -0.2) is 0 Å². The van der Waals surface area contributed by atoms with Crippen molar-refractivity contribution in [2.75, 3.05) is 37.6 Å². The van der Waals surface area contributed by atoms with Crippen LogP contribution in [0.2, 0.25) is 0 Å². The number of nitrogens with one attached hydrogen (secondary N) is 1. The van der Waals surface area contributed by atoms with Crippen LogP contribution in [0.3, 0.4) is 0 Å². The molecule has 0 aliphatic carbocycles. The summed E-state index contributed by atoms with van der Waals surface area (Å²) in [6.45, 7) is 7.03. The van der Waals surface area contributed by atoms with Gasteiger partial charge >= 0.3 is 6.18 Å². The number of alkyl halides is 3. The number of nitrogens with zero attached hydrogens (tertiary/aromatic N) is 2. The van der Waals surface area contributed by atoms with Crippen molar-refractivity contribution in [1.82, 2.24) is 10.2 Å². The Morgan fingerprint density at radius 3 is 2.50 bits per heavy atom. The van der Waals surface area contributed by atoms with Gasteiger partial charge in [0.15, 0.2) is 0 Å². The van der Waals surface area contributed by atoms with E-state index >= 15 is 0 Å². The summed E-state index contributed by atoms with van der Waals surface area (Å²) in [5.41, 5.74) is -0.0534. The van der Waals surface area contributed by atoms with Crippen LogP contribution in [0.1, 0.15) is 25.8 Å². The summed E-state index contributed by atoms with van der Waals surface area (Å²) in [6.07, 6.45) is -3.44. The van der Waals surface area contributed by atoms with Gasteiger partial charge in [-0.15, -0.1) is 0 Å². The summed E-state index contributed by atoms with van der Waals surface area (Å²) >= 11 is 0. The fourth-order valence-electron chi connectivity index (χ4n) is 2.81. The van der Waals surface area contributed by atoms with E-state index in [9.17, 15) is 18.0 Å². The highest BCUT2D eigenvalue weighted by atomic mass is 19.4. The lowest BCUT2D eigenvalue weighted by Gasteiger charge is -2.38. The third-order valence-electron chi connectivity index (χ3n) is 4.33. The first kappa shape index (κ1) is 18.6. The number of hydrogen-bond acceptors (Lipinski definition) is 3. The highest BCUT2D eigenvalue weighted by molar-refractivity contribution is 5.81. The zero-order chi connectivity index (χ0) is 17.7. The summed E-state index contributed by atoms with van der Waals surface area (Å²) in [5, 5.41) is 2.88. The third-order valence-corrected chi connectivity index (χ3v) is 4.33. The van der Waals surface area contributed by atoms with Gasteiger partial charge in [0, 0.05) is 38.4 Å². The molecule has 0 bridgehead atoms. The topological polar surface area (TPSA) is 35.6 Å². The molecule has 1 aromatic carbocycles. The molecule has 0 saturated carbocycles. The average Bonchev–Trinajstić information content (AvgIpc) is 2.58. The van der Waals surface area contributed by atoms with Gasteiger partial charge in [0.1, 0.15) is 0 Å². The Kier molecular flexibility index (Phi) is 6.10. The molecule has 4 nitrogen and oxygen atoms in total. The lowest BCUT2D eigenvalue weighted by molar-refractivity contribution is -0.137. The molecule has 0 aromatic heterocycles. The summed E-state index contributed by atoms with van der Waals surface area (Å²) in [5.74, 6) is 0.00405. The van der Waals surface area contributed by atoms with E-state index in [1.54, 1.807) is 6.07 Å². The third kappa shape index (κ3) is 4.63. The van der Waals surface area contributed by atoms with Crippen LogP contribution in [0.4, 0.5) is 18.9 Å². The van der Waals surface area contributed by atoms with Crippen LogP contribution in [0, 0.1) is 0 Å². The van der Waals surface area contributed by atoms with Crippen LogP contribution in [-0.2, 0) is 11.0 Å². The van der Waals surface area contributed by atoms with Crippen molar-refractivity contribution in [1.29, 1.82) is 0 Å². The first-order valence-corrected chi connectivity index (χ1v) is 8.27. The summed E-state index contributed by atoms with van der Waals surface area (Å²) in [6, 6.07) is 5.18. The van der Waals surface area contributed by atoms with E-state index in [-0.39, 0.29) is 11.9 Å². The van der Waals surface area contributed by atoms with E-state index in [2.05, 4.69) is 10.2 Å². The van der Waals surface area contributed by atoms with Gasteiger partial charge in [0.05, 0.1) is 11.6 Å². The molecule has 1 N–H and O–H groups in total. The molecule has 0 radical (unpaired) electrons. The summed E-state index contributed by atoms with van der Waals surface area (Å²) < 4.78 is 38.5. The maximum absolute atomic E-state index is 12.8. The van der Waals surface area contributed by atoms with Crippen molar-refractivity contribution < 1.29 is 18.0 Å². The Bertz CT molecular complexity index is 554. The number of halogens is 3. The smallest absolute Gasteiger partial charge is 0.369 e. The van der Waals surface area contributed by atoms with Crippen molar-refractivity contribution in [3.05, 3.63) is 29.8 Å². The van der Waals surface area contributed by atoms with Gasteiger partial charge in [-0.05, 0) is 31.5 Å². The van der Waals surface area contributed by atoms with Crippen LogP contribution >= 0.6 is 0 Å². The minimum Gasteiger partial charge on any atom is -0.369 e. The second-order valence-electron chi connectivity index (χ2n) is 6.04. The van der Waals surface area contributed by atoms with Gasteiger partial charge in [-0.3, -0.25) is 9.69 Å². The molecule has 1 aliphatic rings. The van der Waals surface area contributed by atoms with Gasteiger partial charge < -0.3 is 10.2 Å². The van der Waals surface area contributed by atoms with Crippen molar-refractivity contribution in [3.63, 3.8) is 0 Å². The largest absolute Gasteiger partial charge is 0.416 e. The Labute approximate surface area is 140 Å². The van der Waals surface area contributed by atoms with E-state index in [1.165, 1.54) is 12.1 Å². The SMILES string of the molecule is CCCNC(=O)[C@H](C)N1CCN(c2cccc(C(F)(F)F)c2)CC1. The van der Waals surface area contributed by atoms with Crippen molar-refractivity contribution in [3.8, 4) is 0 Å². The predicted octanol–water partition coefficient (Wildman–Crippen LogP) is 2.74. The minimum absolute atomic E-state index is 0.00405. The highest BCUT2D eigenvalue weighted by Crippen LogP contribution is 2.31. The molecule has 134 valence electrons. The van der Waals surface area contributed by atoms with Gasteiger partial charge in [0.25, 0.3) is 0 Å². The molecule has 1 aliphatic heterocycles. The van der Waals surface area contributed by atoms with Crippen LogP contribution in [0.15, 0.2) is 24.3 Å². The van der Waals surface area contributed by atoms with Crippen molar-refractivity contribution >= 4 is 11.6 Å². The summed E-state index contributed by atoms with van der Waals surface area (Å²) in [4.78, 5) is 16.0. The monoisotopic (exact) mass is 343 g/mol. The molecular weight excluding hydrogens is 319 g/mol. The Hall–Kier alpha value is -1.76. The number of rotatable bonds is 5. The van der Waals surface area contributed by atoms with Crippen molar-refractivity contribution in [2.45, 2.75) is 32.5 Å². The van der Waals surface area contributed by atoms with Gasteiger partial charge in [-0.1, -0.05) is 13.0 Å². The molecular formula is C17H24F3N3O. The normalized spacial score (nSPS) is 17.6. The molecule has 1 atom stereocenters. The predicted molar refractivity (Wildman–Crippen MR) is 88.0 cm³/mol. The number of piperazine rings is 1. The fourth-order valence-corrected chi connectivity index (χ4v) is 2.81. The summed E-state index contributed by atoms with van der Waals surface area (Å²) in [7, 11) is 0. The van der Waals surface area contributed by atoms with E-state index < -0.39 is 11.7 Å². The number of hydrogen-bond donors (Lipinski definition) is 1. The molecule has 24 heavy (non-hydrogen) atoms. The Morgan fingerprint density at radius 2 is 1.92 bits per heavy atom. The zero-order valence-corrected chi connectivity index (χ0v) is 14.1. The van der Waals surface area contributed by atoms with E-state index in [0.717, 1.165) is 12.5 Å². The highest BCUT2D eigenvalue weighted by Gasteiger charge is 2.31. The maximum Gasteiger partial charge on any atom is 0.416 e. The Morgan fingerprint density at radius 1 is 1.25 bits per heavy atom. The second-order valence-corrected chi connectivity index (χ2v) is 6.04. The Balaban J connectivity index is 1.94. The molecule has 0 spiro atoms. The lowest BCUT2D eigenvalue weighted by atomic mass is 10.1. The van der Waals surface area contributed by atoms with E-state index in [4.69, 9.17) is 0 Å². The molecule has 1 aromatic rings. The number of carbonyl (C=O) groups is 1. The zero-order valence-electron chi connectivity index (χ0n) is 14.1.